The quantitative estimate of drug-likeness (QED) is 0.477. The number of benzene rings is 1. The van der Waals surface area contributed by atoms with Crippen LogP contribution in [0.5, 0.6) is 0 Å². The van der Waals surface area contributed by atoms with Crippen LogP contribution in [0, 0.1) is 13.8 Å². The lowest BCUT2D eigenvalue weighted by molar-refractivity contribution is -0.123. The standard InChI is InChI=1S/C26H43N3O/c1-7-9-10-11-16-27-17-15-23-19(3)18-20(4)25(26(23)27)29(24(30)8-2)28-21(5)13-12-14-22(28)6/h18,21-22H,7-17H2,1-6H3. The topological polar surface area (TPSA) is 26.8 Å². The van der Waals surface area contributed by atoms with Crippen molar-refractivity contribution in [2.24, 2.45) is 0 Å². The fourth-order valence-electron chi connectivity index (χ4n) is 5.55. The average molecular weight is 414 g/mol. The minimum absolute atomic E-state index is 0.225. The molecule has 0 aliphatic carbocycles. The Balaban J connectivity index is 2.06. The smallest absolute Gasteiger partial charge is 0.241 e. The first kappa shape index (κ1) is 23.1. The lowest BCUT2D eigenvalue weighted by Gasteiger charge is -2.47. The van der Waals surface area contributed by atoms with Crippen LogP contribution >= 0.6 is 0 Å². The van der Waals surface area contributed by atoms with Crippen molar-refractivity contribution < 1.29 is 4.79 Å². The molecule has 1 aromatic carbocycles. The summed E-state index contributed by atoms with van der Waals surface area (Å²) in [5.41, 5.74) is 6.58. The van der Waals surface area contributed by atoms with E-state index in [1.54, 1.807) is 0 Å². The zero-order chi connectivity index (χ0) is 21.8. The lowest BCUT2D eigenvalue weighted by Crippen LogP contribution is -2.57. The molecule has 0 N–H and O–H groups in total. The van der Waals surface area contributed by atoms with Gasteiger partial charge in [0.2, 0.25) is 5.91 Å². The van der Waals surface area contributed by atoms with E-state index in [9.17, 15) is 4.79 Å². The van der Waals surface area contributed by atoms with E-state index in [0.29, 0.717) is 18.5 Å². The maximum atomic E-state index is 13.4. The molecule has 4 heteroatoms. The highest BCUT2D eigenvalue weighted by Gasteiger charge is 2.37. The number of anilines is 2. The van der Waals surface area contributed by atoms with E-state index in [-0.39, 0.29) is 5.91 Å². The van der Waals surface area contributed by atoms with Crippen LogP contribution in [0.4, 0.5) is 11.4 Å². The third-order valence-electron chi connectivity index (χ3n) is 7.15. The molecule has 0 radical (unpaired) electrons. The number of amides is 1. The van der Waals surface area contributed by atoms with Crippen molar-refractivity contribution >= 4 is 17.3 Å². The monoisotopic (exact) mass is 413 g/mol. The van der Waals surface area contributed by atoms with E-state index in [0.717, 1.165) is 38.0 Å². The van der Waals surface area contributed by atoms with Crippen LogP contribution in [0.1, 0.15) is 95.8 Å². The van der Waals surface area contributed by atoms with Crippen molar-refractivity contribution in [1.29, 1.82) is 0 Å². The van der Waals surface area contributed by atoms with Gasteiger partial charge in [-0.2, -0.15) is 0 Å². The molecule has 0 bridgehead atoms. The maximum absolute atomic E-state index is 13.4. The van der Waals surface area contributed by atoms with Gasteiger partial charge < -0.3 is 4.90 Å². The molecule has 2 unspecified atom stereocenters. The van der Waals surface area contributed by atoms with E-state index in [1.165, 1.54) is 54.5 Å². The summed E-state index contributed by atoms with van der Waals surface area (Å²) in [5, 5.41) is 4.51. The molecule has 1 amide bonds. The normalized spacial score (nSPS) is 21.7. The fourth-order valence-corrected chi connectivity index (χ4v) is 5.55. The molecule has 1 aromatic rings. The Kier molecular flexibility index (Phi) is 7.84. The molecular weight excluding hydrogens is 370 g/mol. The number of carbonyl (C=O) groups excluding carboxylic acids is 1. The number of fused-ring (bicyclic) bond motifs is 1. The number of hydrogen-bond donors (Lipinski definition) is 0. The van der Waals surface area contributed by atoms with E-state index in [2.05, 4.69) is 55.6 Å². The van der Waals surface area contributed by atoms with Gasteiger partial charge in [-0.15, -0.1) is 0 Å². The summed E-state index contributed by atoms with van der Waals surface area (Å²) in [5.74, 6) is 0.225. The highest BCUT2D eigenvalue weighted by Crippen LogP contribution is 2.44. The summed E-state index contributed by atoms with van der Waals surface area (Å²) < 4.78 is 0. The van der Waals surface area contributed by atoms with Crippen LogP contribution in [0.25, 0.3) is 0 Å². The third-order valence-corrected chi connectivity index (χ3v) is 7.15. The highest BCUT2D eigenvalue weighted by atomic mass is 16.2. The number of nitrogens with zero attached hydrogens (tertiary/aromatic N) is 3. The summed E-state index contributed by atoms with van der Waals surface area (Å²) in [6, 6.07) is 3.09. The van der Waals surface area contributed by atoms with E-state index < -0.39 is 0 Å². The summed E-state index contributed by atoms with van der Waals surface area (Å²) in [4.78, 5) is 16.0. The van der Waals surface area contributed by atoms with Crippen molar-refractivity contribution in [2.45, 2.75) is 111 Å². The van der Waals surface area contributed by atoms with Crippen LogP contribution < -0.4 is 9.91 Å². The molecule has 168 valence electrons. The van der Waals surface area contributed by atoms with Gasteiger partial charge in [0, 0.05) is 31.6 Å². The molecule has 2 heterocycles. The van der Waals surface area contributed by atoms with Crippen LogP contribution in [-0.4, -0.2) is 36.1 Å². The summed E-state index contributed by atoms with van der Waals surface area (Å²) in [6.45, 7) is 15.5. The van der Waals surface area contributed by atoms with Gasteiger partial charge in [-0.25, -0.2) is 10.0 Å². The van der Waals surface area contributed by atoms with Crippen LogP contribution in [-0.2, 0) is 11.2 Å². The first-order valence-corrected chi connectivity index (χ1v) is 12.4. The molecule has 2 aliphatic rings. The molecular formula is C26H43N3O. The molecule has 2 atom stereocenters. The predicted octanol–water partition coefficient (Wildman–Crippen LogP) is 6.17. The van der Waals surface area contributed by atoms with Gasteiger partial charge in [-0.1, -0.05) is 45.6 Å². The van der Waals surface area contributed by atoms with Gasteiger partial charge in [0.15, 0.2) is 0 Å². The second kappa shape index (κ2) is 10.2. The minimum atomic E-state index is 0.225. The van der Waals surface area contributed by atoms with Gasteiger partial charge in [0.25, 0.3) is 0 Å². The second-order valence-corrected chi connectivity index (χ2v) is 9.55. The summed E-state index contributed by atoms with van der Waals surface area (Å²) in [7, 11) is 0. The Morgan fingerprint density at radius 3 is 2.40 bits per heavy atom. The van der Waals surface area contributed by atoms with Gasteiger partial charge in [0.05, 0.1) is 11.4 Å². The minimum Gasteiger partial charge on any atom is -0.369 e. The molecule has 1 fully saturated rings. The van der Waals surface area contributed by atoms with Crippen molar-refractivity contribution in [3.63, 3.8) is 0 Å². The van der Waals surface area contributed by atoms with Crippen molar-refractivity contribution in [3.8, 4) is 0 Å². The number of piperidine rings is 1. The maximum Gasteiger partial charge on any atom is 0.241 e. The fraction of sp³-hybridized carbons (Fsp3) is 0.731. The molecule has 0 spiro atoms. The Labute approximate surface area is 184 Å². The molecule has 2 aliphatic heterocycles. The zero-order valence-electron chi connectivity index (χ0n) is 20.3. The Hall–Kier alpha value is -1.55. The van der Waals surface area contributed by atoms with E-state index in [4.69, 9.17) is 0 Å². The SMILES string of the molecule is CCCCCCN1CCc2c(C)cc(C)c(N(C(=O)CC)N3C(C)CCCC3C)c21. The van der Waals surface area contributed by atoms with Crippen LogP contribution in [0.3, 0.4) is 0 Å². The van der Waals surface area contributed by atoms with Crippen molar-refractivity contribution in [3.05, 3.63) is 22.8 Å². The number of carbonyl (C=O) groups is 1. The summed E-state index contributed by atoms with van der Waals surface area (Å²) >= 11 is 0. The molecule has 3 rings (SSSR count). The second-order valence-electron chi connectivity index (χ2n) is 9.55. The number of aryl methyl sites for hydroxylation is 2. The summed E-state index contributed by atoms with van der Waals surface area (Å²) in [6.07, 6.45) is 10.3. The Morgan fingerprint density at radius 1 is 1.07 bits per heavy atom. The molecule has 4 nitrogen and oxygen atoms in total. The first-order valence-electron chi connectivity index (χ1n) is 12.4. The number of rotatable bonds is 8. The molecule has 30 heavy (non-hydrogen) atoms. The Bertz CT molecular complexity index is 734. The number of unbranched alkanes of at least 4 members (excludes halogenated alkanes) is 3. The number of hydrogen-bond acceptors (Lipinski definition) is 3. The van der Waals surface area contributed by atoms with Crippen LogP contribution in [0.2, 0.25) is 0 Å². The number of hydrazine groups is 1. The van der Waals surface area contributed by atoms with Gasteiger partial charge in [-0.3, -0.25) is 4.79 Å². The lowest BCUT2D eigenvalue weighted by atomic mass is 9.97. The van der Waals surface area contributed by atoms with E-state index in [1.807, 2.05) is 6.92 Å². The Morgan fingerprint density at radius 2 is 1.77 bits per heavy atom. The first-order chi connectivity index (χ1) is 14.4. The average Bonchev–Trinajstić information content (AvgIpc) is 3.13. The van der Waals surface area contributed by atoms with Crippen LogP contribution in [0.15, 0.2) is 6.07 Å². The van der Waals surface area contributed by atoms with Gasteiger partial charge in [-0.05, 0) is 70.1 Å². The molecule has 1 saturated heterocycles. The van der Waals surface area contributed by atoms with Crippen molar-refractivity contribution in [1.82, 2.24) is 5.01 Å². The van der Waals surface area contributed by atoms with Gasteiger partial charge >= 0.3 is 0 Å². The molecule has 0 saturated carbocycles. The van der Waals surface area contributed by atoms with Gasteiger partial charge in [0.1, 0.15) is 0 Å². The predicted molar refractivity (Wildman–Crippen MR) is 128 cm³/mol. The van der Waals surface area contributed by atoms with E-state index >= 15 is 0 Å². The third kappa shape index (κ3) is 4.54. The van der Waals surface area contributed by atoms with Crippen molar-refractivity contribution in [2.75, 3.05) is 23.0 Å². The zero-order valence-corrected chi connectivity index (χ0v) is 20.3. The largest absolute Gasteiger partial charge is 0.369 e. The highest BCUT2D eigenvalue weighted by molar-refractivity contribution is 5.98. The molecule has 0 aromatic heterocycles.